The van der Waals surface area contributed by atoms with E-state index in [0.717, 1.165) is 5.56 Å². The number of aliphatic hydroxyl groups excluding tert-OH is 1. The lowest BCUT2D eigenvalue weighted by molar-refractivity contribution is -0.141. The smallest absolute Gasteiger partial charge is 0.302 e. The zero-order valence-corrected chi connectivity index (χ0v) is 8.85. The topological polar surface area (TPSA) is 46.5 Å². The molecule has 1 rings (SSSR count). The zero-order valence-electron chi connectivity index (χ0n) is 8.85. The van der Waals surface area contributed by atoms with Gasteiger partial charge in [-0.3, -0.25) is 4.79 Å². The van der Waals surface area contributed by atoms with E-state index in [2.05, 4.69) is 0 Å². The van der Waals surface area contributed by atoms with Crippen molar-refractivity contribution < 1.29 is 14.6 Å². The summed E-state index contributed by atoms with van der Waals surface area (Å²) < 4.78 is 4.75. The molecule has 0 fully saturated rings. The molecule has 1 unspecified atom stereocenters. The quantitative estimate of drug-likeness (QED) is 0.747. The van der Waals surface area contributed by atoms with Crippen LogP contribution in [0.2, 0.25) is 0 Å². The molecule has 0 aliphatic rings. The van der Waals surface area contributed by atoms with Crippen LogP contribution in [0.3, 0.4) is 0 Å². The van der Waals surface area contributed by atoms with Gasteiger partial charge < -0.3 is 9.84 Å². The van der Waals surface area contributed by atoms with E-state index in [1.165, 1.54) is 6.92 Å². The summed E-state index contributed by atoms with van der Waals surface area (Å²) in [5.41, 5.74) is 1.09. The molecule has 1 N–H and O–H groups in total. The highest BCUT2D eigenvalue weighted by Gasteiger charge is 2.05. The van der Waals surface area contributed by atoms with Gasteiger partial charge in [-0.1, -0.05) is 30.3 Å². The van der Waals surface area contributed by atoms with Crippen LogP contribution in [-0.2, 0) is 16.0 Å². The monoisotopic (exact) mass is 208 g/mol. The molecule has 0 aliphatic carbocycles. The molecule has 0 bridgehead atoms. The van der Waals surface area contributed by atoms with E-state index in [4.69, 9.17) is 4.74 Å². The molecule has 1 aromatic rings. The fourth-order valence-corrected chi connectivity index (χ4v) is 1.33. The molecular formula is C12H16O3. The Morgan fingerprint density at radius 1 is 1.40 bits per heavy atom. The van der Waals surface area contributed by atoms with Crippen LogP contribution in [0.5, 0.6) is 0 Å². The van der Waals surface area contributed by atoms with Crippen molar-refractivity contribution in [1.82, 2.24) is 0 Å². The molecule has 0 spiro atoms. The Bertz CT molecular complexity index is 295. The van der Waals surface area contributed by atoms with Gasteiger partial charge in [0, 0.05) is 13.3 Å². The first-order valence-electron chi connectivity index (χ1n) is 5.04. The molecule has 0 heterocycles. The highest BCUT2D eigenvalue weighted by molar-refractivity contribution is 5.65. The van der Waals surface area contributed by atoms with Crippen molar-refractivity contribution in [3.8, 4) is 0 Å². The Labute approximate surface area is 89.7 Å². The largest absolute Gasteiger partial charge is 0.466 e. The van der Waals surface area contributed by atoms with E-state index >= 15 is 0 Å². The van der Waals surface area contributed by atoms with Crippen LogP contribution in [0, 0.1) is 0 Å². The van der Waals surface area contributed by atoms with Crippen molar-refractivity contribution in [2.24, 2.45) is 0 Å². The Balaban J connectivity index is 2.24. The number of carbonyl (C=O) groups excluding carboxylic acids is 1. The first kappa shape index (κ1) is 11.7. The maximum Gasteiger partial charge on any atom is 0.302 e. The van der Waals surface area contributed by atoms with Gasteiger partial charge in [-0.2, -0.15) is 0 Å². The first-order chi connectivity index (χ1) is 7.18. The van der Waals surface area contributed by atoms with Crippen molar-refractivity contribution in [2.75, 3.05) is 6.61 Å². The predicted octanol–water partition coefficient (Wildman–Crippen LogP) is 1.54. The fourth-order valence-electron chi connectivity index (χ4n) is 1.33. The maximum absolute atomic E-state index is 10.5. The Morgan fingerprint density at radius 2 is 2.07 bits per heavy atom. The van der Waals surface area contributed by atoms with Crippen molar-refractivity contribution >= 4 is 5.97 Å². The molecule has 0 radical (unpaired) electrons. The molecule has 3 heteroatoms. The standard InChI is InChI=1S/C12H16O3/c1-10(13)15-8-7-12(14)9-11-5-3-2-4-6-11/h2-6,12,14H,7-9H2,1H3. The summed E-state index contributed by atoms with van der Waals surface area (Å²) in [5, 5.41) is 9.62. The van der Waals surface area contributed by atoms with Gasteiger partial charge in [0.25, 0.3) is 0 Å². The van der Waals surface area contributed by atoms with E-state index < -0.39 is 6.10 Å². The Morgan fingerprint density at radius 3 is 2.67 bits per heavy atom. The number of benzene rings is 1. The van der Waals surface area contributed by atoms with Crippen LogP contribution in [0.15, 0.2) is 30.3 Å². The molecule has 3 nitrogen and oxygen atoms in total. The average Bonchev–Trinajstić information content (AvgIpc) is 2.18. The summed E-state index contributed by atoms with van der Waals surface area (Å²) in [6.45, 7) is 1.65. The second-order valence-corrected chi connectivity index (χ2v) is 3.47. The van der Waals surface area contributed by atoms with Crippen LogP contribution in [-0.4, -0.2) is 23.8 Å². The number of rotatable bonds is 5. The van der Waals surface area contributed by atoms with E-state index in [1.807, 2.05) is 30.3 Å². The third-order valence-electron chi connectivity index (χ3n) is 2.07. The van der Waals surface area contributed by atoms with Crippen LogP contribution in [0.25, 0.3) is 0 Å². The van der Waals surface area contributed by atoms with Gasteiger partial charge >= 0.3 is 5.97 Å². The summed E-state index contributed by atoms with van der Waals surface area (Å²) in [4.78, 5) is 10.5. The van der Waals surface area contributed by atoms with Crippen molar-refractivity contribution in [2.45, 2.75) is 25.9 Å². The van der Waals surface area contributed by atoms with Gasteiger partial charge in [0.1, 0.15) is 0 Å². The van der Waals surface area contributed by atoms with E-state index in [-0.39, 0.29) is 12.6 Å². The second-order valence-electron chi connectivity index (χ2n) is 3.47. The molecular weight excluding hydrogens is 192 g/mol. The van der Waals surface area contributed by atoms with Crippen molar-refractivity contribution in [3.05, 3.63) is 35.9 Å². The van der Waals surface area contributed by atoms with Gasteiger partial charge in [0.2, 0.25) is 0 Å². The normalized spacial score (nSPS) is 12.1. The summed E-state index contributed by atoms with van der Waals surface area (Å²) in [7, 11) is 0. The number of hydrogen-bond acceptors (Lipinski definition) is 3. The van der Waals surface area contributed by atoms with Crippen molar-refractivity contribution in [3.63, 3.8) is 0 Å². The molecule has 15 heavy (non-hydrogen) atoms. The molecule has 0 saturated carbocycles. The summed E-state index contributed by atoms with van der Waals surface area (Å²) in [5.74, 6) is -0.304. The van der Waals surface area contributed by atoms with Gasteiger partial charge in [0.15, 0.2) is 0 Å². The fraction of sp³-hybridized carbons (Fsp3) is 0.417. The third-order valence-corrected chi connectivity index (χ3v) is 2.07. The lowest BCUT2D eigenvalue weighted by Gasteiger charge is -2.10. The minimum absolute atomic E-state index is 0.281. The summed E-state index contributed by atoms with van der Waals surface area (Å²) in [6, 6.07) is 9.75. The molecule has 1 atom stereocenters. The maximum atomic E-state index is 10.5. The Kier molecular flexibility index (Phi) is 4.84. The van der Waals surface area contributed by atoms with Crippen molar-refractivity contribution in [1.29, 1.82) is 0 Å². The van der Waals surface area contributed by atoms with E-state index in [1.54, 1.807) is 0 Å². The molecule has 0 aliphatic heterocycles. The first-order valence-corrected chi connectivity index (χ1v) is 5.04. The number of hydrogen-bond donors (Lipinski definition) is 1. The van der Waals surface area contributed by atoms with Crippen LogP contribution in [0.4, 0.5) is 0 Å². The molecule has 1 aromatic carbocycles. The Hall–Kier alpha value is -1.35. The van der Waals surface area contributed by atoms with E-state index in [9.17, 15) is 9.90 Å². The predicted molar refractivity (Wildman–Crippen MR) is 57.4 cm³/mol. The minimum atomic E-state index is -0.452. The lowest BCUT2D eigenvalue weighted by atomic mass is 10.1. The van der Waals surface area contributed by atoms with Crippen LogP contribution >= 0.6 is 0 Å². The number of esters is 1. The van der Waals surface area contributed by atoms with E-state index in [0.29, 0.717) is 12.8 Å². The summed E-state index contributed by atoms with van der Waals surface area (Å²) in [6.07, 6.45) is 0.628. The highest BCUT2D eigenvalue weighted by Crippen LogP contribution is 2.05. The zero-order chi connectivity index (χ0) is 11.1. The molecule has 82 valence electrons. The van der Waals surface area contributed by atoms with Gasteiger partial charge in [-0.15, -0.1) is 0 Å². The molecule has 0 aromatic heterocycles. The summed E-state index contributed by atoms with van der Waals surface area (Å²) >= 11 is 0. The number of carbonyl (C=O) groups is 1. The average molecular weight is 208 g/mol. The van der Waals surface area contributed by atoms with Gasteiger partial charge in [0.05, 0.1) is 12.7 Å². The number of ether oxygens (including phenoxy) is 1. The number of aliphatic hydroxyl groups is 1. The van der Waals surface area contributed by atoms with Crippen LogP contribution in [0.1, 0.15) is 18.9 Å². The lowest BCUT2D eigenvalue weighted by Crippen LogP contribution is -2.14. The van der Waals surface area contributed by atoms with Gasteiger partial charge in [-0.25, -0.2) is 0 Å². The minimum Gasteiger partial charge on any atom is -0.466 e. The molecule has 0 amide bonds. The highest BCUT2D eigenvalue weighted by atomic mass is 16.5. The SMILES string of the molecule is CC(=O)OCCC(O)Cc1ccccc1. The van der Waals surface area contributed by atoms with Gasteiger partial charge in [-0.05, 0) is 12.0 Å². The second kappa shape index (κ2) is 6.19. The third kappa shape index (κ3) is 5.18. The molecule has 0 saturated heterocycles. The van der Waals surface area contributed by atoms with Crippen LogP contribution < -0.4 is 0 Å².